The van der Waals surface area contributed by atoms with E-state index < -0.39 is 32.0 Å². The van der Waals surface area contributed by atoms with Gasteiger partial charge < -0.3 is 9.84 Å². The van der Waals surface area contributed by atoms with Crippen LogP contribution in [0.2, 0.25) is 0 Å². The topological polar surface area (TPSA) is 29.5 Å². The van der Waals surface area contributed by atoms with Gasteiger partial charge in [-0.2, -0.15) is 0 Å². The van der Waals surface area contributed by atoms with Crippen LogP contribution in [0.4, 0.5) is 0 Å². The number of aliphatic hydroxyl groups excluding tert-OH is 1. The molecule has 0 aliphatic rings. The third-order valence-electron chi connectivity index (χ3n) is 1.05. The van der Waals surface area contributed by atoms with Crippen LogP contribution in [0.15, 0.2) is 0 Å². The van der Waals surface area contributed by atoms with Gasteiger partial charge in [0.15, 0.2) is 0 Å². The second-order valence-electron chi connectivity index (χ2n) is 2.02. The molecule has 0 heterocycles. The SMILES string of the molecule is [3H]C(CCO)C([3H])C([3H])C([3H])C([3H])COC. The van der Waals surface area contributed by atoms with Gasteiger partial charge in [-0.15, -0.1) is 0 Å². The Balaban J connectivity index is 4.24. The van der Waals surface area contributed by atoms with Gasteiger partial charge in [-0.25, -0.2) is 0 Å². The maximum atomic E-state index is 8.63. The Morgan fingerprint density at radius 3 is 2.45 bits per heavy atom. The lowest BCUT2D eigenvalue weighted by Gasteiger charge is -1.99. The van der Waals surface area contributed by atoms with Crippen LogP contribution in [0.1, 0.15) is 45.3 Å². The van der Waals surface area contributed by atoms with Crippen molar-refractivity contribution in [3.63, 3.8) is 0 Å². The van der Waals surface area contributed by atoms with Gasteiger partial charge in [-0.1, -0.05) is 25.6 Å². The Bertz CT molecular complexity index is 165. The van der Waals surface area contributed by atoms with Crippen molar-refractivity contribution in [2.24, 2.45) is 0 Å². The molecular formula is C9H20O2. The van der Waals surface area contributed by atoms with Gasteiger partial charge in [0, 0.05) is 27.2 Å². The van der Waals surface area contributed by atoms with E-state index in [4.69, 9.17) is 16.7 Å². The quantitative estimate of drug-likeness (QED) is 0.603. The third kappa shape index (κ3) is 9.92. The highest BCUT2D eigenvalue weighted by Crippen LogP contribution is 2.04. The van der Waals surface area contributed by atoms with E-state index in [-0.39, 0.29) is 19.6 Å². The molecule has 2 heteroatoms. The molecule has 0 rings (SSSR count). The normalized spacial score (nSPS) is 31.3. The molecule has 11 heavy (non-hydrogen) atoms. The van der Waals surface area contributed by atoms with Crippen molar-refractivity contribution in [3.05, 3.63) is 0 Å². The fourth-order valence-corrected chi connectivity index (χ4v) is 0.544. The van der Waals surface area contributed by atoms with Gasteiger partial charge in [-0.05, 0) is 12.8 Å². The molecule has 5 atom stereocenters. The summed E-state index contributed by atoms with van der Waals surface area (Å²) in [6.07, 6.45) is -4.87. The smallest absolute Gasteiger partial charge is 0.0462 e. The largest absolute Gasteiger partial charge is 0.396 e. The van der Waals surface area contributed by atoms with Gasteiger partial charge in [0.05, 0.1) is 0 Å². The van der Waals surface area contributed by atoms with Crippen LogP contribution in [0.5, 0.6) is 0 Å². The van der Waals surface area contributed by atoms with E-state index in [1.54, 1.807) is 0 Å². The molecule has 68 valence electrons. The first-order valence-corrected chi connectivity index (χ1v) is 3.66. The molecule has 1 N–H and O–H groups in total. The highest BCUT2D eigenvalue weighted by Gasteiger charge is 1.89. The molecule has 0 radical (unpaired) electrons. The monoisotopic (exact) mass is 170 g/mol. The highest BCUT2D eigenvalue weighted by molar-refractivity contribution is 4.43. The van der Waals surface area contributed by atoms with E-state index in [0.29, 0.717) is 0 Å². The Hall–Kier alpha value is -0.0800. The number of aliphatic hydroxyl groups is 1. The van der Waals surface area contributed by atoms with E-state index in [0.717, 1.165) is 0 Å². The number of ether oxygens (including phenoxy) is 1. The van der Waals surface area contributed by atoms with Gasteiger partial charge in [0.1, 0.15) is 0 Å². The predicted octanol–water partition coefficient (Wildman–Crippen LogP) is 1.97. The van der Waals surface area contributed by atoms with Gasteiger partial charge >= 0.3 is 0 Å². The van der Waals surface area contributed by atoms with Crippen LogP contribution in [0.25, 0.3) is 0 Å². The molecule has 0 aromatic rings. The van der Waals surface area contributed by atoms with Crippen molar-refractivity contribution in [3.8, 4) is 0 Å². The van der Waals surface area contributed by atoms with Gasteiger partial charge in [0.2, 0.25) is 0 Å². The number of methoxy groups -OCH3 is 1. The van der Waals surface area contributed by atoms with Crippen molar-refractivity contribution in [2.45, 2.75) is 38.4 Å². The number of hydrogen-bond acceptors (Lipinski definition) is 2. The third-order valence-corrected chi connectivity index (χ3v) is 1.05. The van der Waals surface area contributed by atoms with Crippen LogP contribution < -0.4 is 0 Å². The number of rotatable bonds is 8. The Morgan fingerprint density at radius 2 is 1.82 bits per heavy atom. The second-order valence-corrected chi connectivity index (χ2v) is 2.02. The van der Waals surface area contributed by atoms with Crippen molar-refractivity contribution in [1.29, 1.82) is 0 Å². The zero-order valence-corrected chi connectivity index (χ0v) is 6.86. The molecule has 0 aliphatic carbocycles. The van der Waals surface area contributed by atoms with E-state index in [1.807, 2.05) is 0 Å². The summed E-state index contributed by atoms with van der Waals surface area (Å²) in [7, 11) is 1.42. The molecule has 5 unspecified atom stereocenters. The Morgan fingerprint density at radius 1 is 1.18 bits per heavy atom. The summed E-state index contributed by atoms with van der Waals surface area (Å²) in [5.74, 6) is 0. The average Bonchev–Trinajstić information content (AvgIpc) is 2.26. The Kier molecular flexibility index (Phi) is 4.35. The van der Waals surface area contributed by atoms with Gasteiger partial charge in [0.25, 0.3) is 0 Å². The van der Waals surface area contributed by atoms with Crippen molar-refractivity contribution in [2.75, 3.05) is 20.3 Å². The summed E-state index contributed by atoms with van der Waals surface area (Å²) in [5.41, 5.74) is 0. The molecule has 0 aliphatic heterocycles. The lowest BCUT2D eigenvalue weighted by atomic mass is 10.1. The molecule has 0 bridgehead atoms. The lowest BCUT2D eigenvalue weighted by Crippen LogP contribution is -1.88. The predicted molar refractivity (Wildman–Crippen MR) is 46.7 cm³/mol. The lowest BCUT2D eigenvalue weighted by molar-refractivity contribution is 0.191. The molecule has 0 aromatic heterocycles. The minimum atomic E-state index is -1.12. The number of hydrogen-bond donors (Lipinski definition) is 1. The van der Waals surface area contributed by atoms with Crippen molar-refractivity contribution < 1.29 is 16.7 Å². The van der Waals surface area contributed by atoms with Crippen LogP contribution in [-0.4, -0.2) is 25.4 Å². The molecule has 0 saturated carbocycles. The molecule has 0 amide bonds. The van der Waals surface area contributed by atoms with E-state index in [2.05, 4.69) is 0 Å². The minimum Gasteiger partial charge on any atom is -0.396 e. The average molecular weight is 170 g/mol. The molecule has 0 aromatic carbocycles. The fraction of sp³-hybridized carbons (Fsp3) is 1.00. The van der Waals surface area contributed by atoms with Crippen molar-refractivity contribution in [1.82, 2.24) is 0 Å². The maximum Gasteiger partial charge on any atom is 0.0462 e. The van der Waals surface area contributed by atoms with E-state index in [9.17, 15) is 0 Å². The maximum absolute atomic E-state index is 8.63. The van der Waals surface area contributed by atoms with Gasteiger partial charge in [-0.3, -0.25) is 0 Å². The second kappa shape index (κ2) is 9.92. The highest BCUT2D eigenvalue weighted by atomic mass is 16.5. The molecule has 2 nitrogen and oxygen atoms in total. The summed E-state index contributed by atoms with van der Waals surface area (Å²) in [5, 5.41) is 8.63. The summed E-state index contributed by atoms with van der Waals surface area (Å²) in [4.78, 5) is 0. The zero-order valence-electron chi connectivity index (χ0n) is 11.9. The summed E-state index contributed by atoms with van der Waals surface area (Å²) >= 11 is 0. The molecule has 0 saturated heterocycles. The first-order chi connectivity index (χ1) is 7.45. The first-order valence-electron chi connectivity index (χ1n) is 6.55. The van der Waals surface area contributed by atoms with E-state index >= 15 is 0 Å². The summed E-state index contributed by atoms with van der Waals surface area (Å²) < 4.78 is 42.6. The van der Waals surface area contributed by atoms with Crippen LogP contribution in [0.3, 0.4) is 0 Å². The van der Waals surface area contributed by atoms with Crippen LogP contribution >= 0.6 is 0 Å². The molecule has 0 spiro atoms. The fourth-order valence-electron chi connectivity index (χ4n) is 0.544. The summed E-state index contributed by atoms with van der Waals surface area (Å²) in [6, 6.07) is 0. The zero-order chi connectivity index (χ0) is 12.7. The van der Waals surface area contributed by atoms with Crippen LogP contribution in [-0.2, 0) is 4.74 Å². The summed E-state index contributed by atoms with van der Waals surface area (Å²) in [6.45, 7) is -0.139. The first kappa shape index (κ1) is 4.83. The van der Waals surface area contributed by atoms with E-state index in [1.165, 1.54) is 7.11 Å². The molecular weight excluding hydrogens is 140 g/mol. The minimum absolute atomic E-state index is 0.0545. The van der Waals surface area contributed by atoms with Crippen molar-refractivity contribution >= 4 is 0 Å². The molecule has 0 fully saturated rings. The standard InChI is InChI=1S/C9H20O2/c1-11-9-7-5-3-2-4-6-8-10/h10H,2-9H2,1H3/i2T,3T,4T,5T,7T. The Labute approximate surface area is 76.6 Å². The van der Waals surface area contributed by atoms with Crippen LogP contribution in [0, 0.1) is 0 Å².